The van der Waals surface area contributed by atoms with Gasteiger partial charge in [-0.2, -0.15) is 0 Å². The molecule has 0 saturated carbocycles. The van der Waals surface area contributed by atoms with Crippen molar-refractivity contribution in [3.63, 3.8) is 0 Å². The summed E-state index contributed by atoms with van der Waals surface area (Å²) >= 11 is 0. The Morgan fingerprint density at radius 2 is 0.852 bits per heavy atom. The third kappa shape index (κ3) is 43.0. The van der Waals surface area contributed by atoms with E-state index >= 15 is 0 Å². The molecule has 0 aliphatic carbocycles. The lowest BCUT2D eigenvalue weighted by Gasteiger charge is -2.18. The maximum Gasteiger partial charge on any atom is 0.469 e. The molecule has 0 saturated heterocycles. The van der Waals surface area contributed by atoms with Crippen molar-refractivity contribution in [2.24, 2.45) is 0 Å². The molecule has 0 fully saturated rings. The molecule has 316 valence electrons. The highest BCUT2D eigenvalue weighted by atomic mass is 31.2. The van der Waals surface area contributed by atoms with Crippen LogP contribution in [0.2, 0.25) is 0 Å². The summed E-state index contributed by atoms with van der Waals surface area (Å²) in [5, 5.41) is 0. The molecule has 0 aliphatic heterocycles. The topological polar surface area (TPSA) is 119 Å². The molecule has 0 unspecified atom stereocenters. The quantitative estimate of drug-likeness (QED) is 0.0272. The summed E-state index contributed by atoms with van der Waals surface area (Å²) in [5.41, 5.74) is 0. The van der Waals surface area contributed by atoms with Crippen molar-refractivity contribution in [1.82, 2.24) is 0 Å². The molecule has 0 amide bonds. The first-order valence-electron chi connectivity index (χ1n) is 22.3. The molecule has 0 bridgehead atoms. The number of carbonyl (C=O) groups is 2. The zero-order valence-electron chi connectivity index (χ0n) is 34.9. The molecular formula is C45H83O8P. The van der Waals surface area contributed by atoms with E-state index in [0.29, 0.717) is 12.8 Å². The third-order valence-corrected chi connectivity index (χ3v) is 10.1. The Morgan fingerprint density at radius 3 is 1.30 bits per heavy atom. The standard InChI is InChI=1S/C45H83O8P/c1-3-5-7-9-11-13-15-17-19-21-22-24-26-28-30-32-34-36-38-40-45(47)53-43(42-52-54(48,49)50)41-51-44(46)39-37-35-33-31-29-27-25-23-20-18-16-14-12-10-8-6-4-2/h17,19,25,27,31,33,43H,3-16,18,20-24,26,28-30,32,34-42H2,1-2H3,(H2,48,49,50)/b19-17+,27-25+,33-31+/t43-/m1/s1. The highest BCUT2D eigenvalue weighted by molar-refractivity contribution is 7.46. The Bertz CT molecular complexity index is 973. The zero-order valence-corrected chi connectivity index (χ0v) is 35.8. The van der Waals surface area contributed by atoms with Gasteiger partial charge in [0.2, 0.25) is 0 Å². The van der Waals surface area contributed by atoms with Crippen molar-refractivity contribution in [3.8, 4) is 0 Å². The molecule has 0 spiro atoms. The molecule has 9 heteroatoms. The first-order chi connectivity index (χ1) is 26.3. The van der Waals surface area contributed by atoms with Crippen LogP contribution < -0.4 is 0 Å². The van der Waals surface area contributed by atoms with Gasteiger partial charge in [-0.25, -0.2) is 4.57 Å². The first kappa shape index (κ1) is 52.3. The number of carbonyl (C=O) groups excluding carboxylic acids is 2. The van der Waals surface area contributed by atoms with E-state index in [-0.39, 0.29) is 19.4 Å². The Labute approximate surface area is 332 Å². The minimum absolute atomic E-state index is 0.202. The number of allylic oxidation sites excluding steroid dienone is 6. The van der Waals surface area contributed by atoms with Crippen LogP contribution in [0.25, 0.3) is 0 Å². The van der Waals surface area contributed by atoms with Gasteiger partial charge in [-0.1, -0.05) is 179 Å². The van der Waals surface area contributed by atoms with E-state index in [2.05, 4.69) is 54.8 Å². The Kier molecular flexibility index (Phi) is 39.6. The van der Waals surface area contributed by atoms with E-state index in [9.17, 15) is 14.2 Å². The van der Waals surface area contributed by atoms with Crippen molar-refractivity contribution >= 4 is 19.8 Å². The van der Waals surface area contributed by atoms with Crippen LogP contribution >= 0.6 is 7.82 Å². The number of hydrogen-bond acceptors (Lipinski definition) is 6. The summed E-state index contributed by atoms with van der Waals surface area (Å²) in [6.45, 7) is 3.66. The normalized spacial score (nSPS) is 12.7. The largest absolute Gasteiger partial charge is 0.469 e. The average Bonchev–Trinajstić information content (AvgIpc) is 3.14. The lowest BCUT2D eigenvalue weighted by Crippen LogP contribution is -2.29. The van der Waals surface area contributed by atoms with Crippen LogP contribution in [-0.2, 0) is 28.2 Å². The van der Waals surface area contributed by atoms with Crippen molar-refractivity contribution in [2.75, 3.05) is 13.2 Å². The fourth-order valence-electron chi connectivity index (χ4n) is 6.29. The molecule has 8 nitrogen and oxygen atoms in total. The van der Waals surface area contributed by atoms with Gasteiger partial charge in [0.25, 0.3) is 0 Å². The van der Waals surface area contributed by atoms with Gasteiger partial charge in [0.1, 0.15) is 6.61 Å². The second kappa shape index (κ2) is 40.9. The van der Waals surface area contributed by atoms with Crippen molar-refractivity contribution in [2.45, 2.75) is 225 Å². The van der Waals surface area contributed by atoms with E-state index in [1.54, 1.807) is 0 Å². The van der Waals surface area contributed by atoms with Gasteiger partial charge in [-0.15, -0.1) is 0 Å². The number of rotatable bonds is 41. The molecule has 0 heterocycles. The lowest BCUT2D eigenvalue weighted by atomic mass is 10.1. The Hall–Kier alpha value is -1.73. The molecule has 0 radical (unpaired) electrons. The summed E-state index contributed by atoms with van der Waals surface area (Å²) in [6.07, 6.45) is 48.7. The van der Waals surface area contributed by atoms with Crippen LogP contribution in [0, 0.1) is 0 Å². The van der Waals surface area contributed by atoms with E-state index in [4.69, 9.17) is 19.3 Å². The maximum atomic E-state index is 12.4. The van der Waals surface area contributed by atoms with Crippen LogP contribution in [0.5, 0.6) is 0 Å². The second-order valence-electron chi connectivity index (χ2n) is 15.0. The van der Waals surface area contributed by atoms with Crippen LogP contribution in [0.1, 0.15) is 219 Å². The summed E-state index contributed by atoms with van der Waals surface area (Å²) < 4.78 is 26.4. The SMILES string of the molecule is CCCCCCCC/C=C/CCCCCCCCCCCC(=O)O[C@H](COC(=O)CCC/C=C/C/C=C/CCCCCCCCCCC)COP(=O)(O)O. The van der Waals surface area contributed by atoms with Gasteiger partial charge >= 0.3 is 19.8 Å². The number of unbranched alkanes of at least 4 members (excludes halogenated alkanes) is 25. The molecule has 1 atom stereocenters. The minimum Gasteiger partial charge on any atom is -0.462 e. The highest BCUT2D eigenvalue weighted by Crippen LogP contribution is 2.36. The molecule has 0 aliphatic rings. The number of esters is 2. The molecule has 0 rings (SSSR count). The Morgan fingerprint density at radius 1 is 0.481 bits per heavy atom. The second-order valence-corrected chi connectivity index (χ2v) is 16.3. The van der Waals surface area contributed by atoms with E-state index in [1.807, 2.05) is 0 Å². The maximum absolute atomic E-state index is 12.4. The molecule has 0 aromatic rings. The van der Waals surface area contributed by atoms with Crippen LogP contribution in [0.3, 0.4) is 0 Å². The minimum atomic E-state index is -4.76. The van der Waals surface area contributed by atoms with Gasteiger partial charge in [-0.05, 0) is 64.2 Å². The fraction of sp³-hybridized carbons (Fsp3) is 0.822. The zero-order chi connectivity index (χ0) is 39.6. The highest BCUT2D eigenvalue weighted by Gasteiger charge is 2.22. The van der Waals surface area contributed by atoms with Gasteiger partial charge in [0.05, 0.1) is 6.61 Å². The smallest absolute Gasteiger partial charge is 0.462 e. The van der Waals surface area contributed by atoms with E-state index in [0.717, 1.165) is 38.5 Å². The molecule has 0 aromatic heterocycles. The summed E-state index contributed by atoms with van der Waals surface area (Å²) in [4.78, 5) is 42.9. The van der Waals surface area contributed by atoms with Crippen LogP contribution in [0.4, 0.5) is 0 Å². The summed E-state index contributed by atoms with van der Waals surface area (Å²) in [5.74, 6) is -0.934. The molecule has 2 N–H and O–H groups in total. The number of phosphoric ester groups is 1. The predicted molar refractivity (Wildman–Crippen MR) is 225 cm³/mol. The van der Waals surface area contributed by atoms with Crippen LogP contribution in [0.15, 0.2) is 36.5 Å². The molecular weight excluding hydrogens is 699 g/mol. The number of hydrogen-bond donors (Lipinski definition) is 2. The van der Waals surface area contributed by atoms with Crippen molar-refractivity contribution < 1.29 is 37.9 Å². The van der Waals surface area contributed by atoms with Gasteiger partial charge < -0.3 is 19.3 Å². The molecule has 0 aromatic carbocycles. The van der Waals surface area contributed by atoms with Crippen LogP contribution in [-0.4, -0.2) is 41.0 Å². The fourth-order valence-corrected chi connectivity index (χ4v) is 6.65. The average molecular weight is 783 g/mol. The molecule has 54 heavy (non-hydrogen) atoms. The van der Waals surface area contributed by atoms with Gasteiger partial charge in [0.15, 0.2) is 6.10 Å². The Balaban J connectivity index is 3.94. The predicted octanol–water partition coefficient (Wildman–Crippen LogP) is 13.7. The summed E-state index contributed by atoms with van der Waals surface area (Å²) in [7, 11) is -4.76. The van der Waals surface area contributed by atoms with Crippen molar-refractivity contribution in [3.05, 3.63) is 36.5 Å². The number of ether oxygens (including phenoxy) is 2. The van der Waals surface area contributed by atoms with Gasteiger partial charge in [-0.3, -0.25) is 14.1 Å². The first-order valence-corrected chi connectivity index (χ1v) is 23.8. The monoisotopic (exact) mass is 783 g/mol. The number of phosphoric acid groups is 1. The lowest BCUT2D eigenvalue weighted by molar-refractivity contribution is -0.161. The van der Waals surface area contributed by atoms with E-state index in [1.165, 1.54) is 141 Å². The van der Waals surface area contributed by atoms with Gasteiger partial charge in [0, 0.05) is 12.8 Å². The summed E-state index contributed by atoms with van der Waals surface area (Å²) in [6, 6.07) is 0. The van der Waals surface area contributed by atoms with E-state index < -0.39 is 32.5 Å². The third-order valence-electron chi connectivity index (χ3n) is 9.63. The van der Waals surface area contributed by atoms with Crippen molar-refractivity contribution in [1.29, 1.82) is 0 Å².